The van der Waals surface area contributed by atoms with Crippen LogP contribution in [0.15, 0.2) is 48.5 Å². The lowest BCUT2D eigenvalue weighted by atomic mass is 10.1. The zero-order valence-electron chi connectivity index (χ0n) is 17.4. The highest BCUT2D eigenvalue weighted by Crippen LogP contribution is 2.22. The summed E-state index contributed by atoms with van der Waals surface area (Å²) in [6, 6.07) is 13.9. The van der Waals surface area contributed by atoms with E-state index in [4.69, 9.17) is 9.47 Å². The predicted molar refractivity (Wildman–Crippen MR) is 114 cm³/mol. The van der Waals surface area contributed by atoms with Crippen molar-refractivity contribution >= 4 is 21.6 Å². The Morgan fingerprint density at radius 3 is 2.10 bits per heavy atom. The van der Waals surface area contributed by atoms with Gasteiger partial charge in [0.1, 0.15) is 11.5 Å². The summed E-state index contributed by atoms with van der Waals surface area (Å²) < 4.78 is 35.4. The first kappa shape index (κ1) is 22.5. The van der Waals surface area contributed by atoms with Gasteiger partial charge in [0.15, 0.2) is 6.10 Å². The van der Waals surface area contributed by atoms with Crippen molar-refractivity contribution in [1.82, 2.24) is 5.32 Å². The molecule has 2 atom stereocenters. The van der Waals surface area contributed by atoms with Crippen molar-refractivity contribution in [3.63, 3.8) is 0 Å². The topological polar surface area (TPSA) is 84.9 Å². The summed E-state index contributed by atoms with van der Waals surface area (Å²) >= 11 is 0. The van der Waals surface area contributed by atoms with E-state index >= 15 is 0 Å². The van der Waals surface area contributed by atoms with Gasteiger partial charge in [-0.3, -0.25) is 9.10 Å². The highest BCUT2D eigenvalue weighted by molar-refractivity contribution is 7.92. The van der Waals surface area contributed by atoms with Gasteiger partial charge in [-0.1, -0.05) is 19.1 Å². The van der Waals surface area contributed by atoms with Crippen molar-refractivity contribution in [2.24, 2.45) is 0 Å². The van der Waals surface area contributed by atoms with Crippen molar-refractivity contribution in [1.29, 1.82) is 0 Å². The summed E-state index contributed by atoms with van der Waals surface area (Å²) in [6.45, 7) is 3.77. The Labute approximate surface area is 172 Å². The minimum atomic E-state index is -3.33. The Bertz CT molecular complexity index is 911. The number of sulfonamides is 1. The molecule has 1 amide bonds. The molecule has 7 nitrogen and oxygen atoms in total. The molecular weight excluding hydrogens is 392 g/mol. The molecule has 0 fully saturated rings. The molecule has 0 spiro atoms. The van der Waals surface area contributed by atoms with E-state index in [9.17, 15) is 13.2 Å². The molecule has 0 unspecified atom stereocenters. The Morgan fingerprint density at radius 1 is 1.07 bits per heavy atom. The molecule has 2 rings (SSSR count). The average Bonchev–Trinajstić information content (AvgIpc) is 2.71. The second kappa shape index (κ2) is 9.65. The van der Waals surface area contributed by atoms with Gasteiger partial charge in [-0.25, -0.2) is 8.42 Å². The third-order valence-corrected chi connectivity index (χ3v) is 5.82. The third-order valence-electron chi connectivity index (χ3n) is 4.61. The van der Waals surface area contributed by atoms with E-state index in [2.05, 4.69) is 5.32 Å². The number of carbonyl (C=O) groups is 1. The molecule has 0 saturated carbocycles. The van der Waals surface area contributed by atoms with Crippen molar-refractivity contribution in [3.8, 4) is 11.5 Å². The SMILES string of the molecule is CC[C@H](Oc1ccc(N(C)S(C)(=O)=O)cc1)C(=O)N[C@@H](C)c1ccc(OC)cc1. The van der Waals surface area contributed by atoms with Gasteiger partial charge in [0.2, 0.25) is 10.0 Å². The summed E-state index contributed by atoms with van der Waals surface area (Å²) in [6.07, 6.45) is 0.972. The largest absolute Gasteiger partial charge is 0.497 e. The van der Waals surface area contributed by atoms with Gasteiger partial charge < -0.3 is 14.8 Å². The van der Waals surface area contributed by atoms with Gasteiger partial charge in [0, 0.05) is 7.05 Å². The quantitative estimate of drug-likeness (QED) is 0.674. The molecule has 0 saturated heterocycles. The van der Waals surface area contributed by atoms with Crippen LogP contribution >= 0.6 is 0 Å². The first-order chi connectivity index (χ1) is 13.7. The summed E-state index contributed by atoms with van der Waals surface area (Å²) in [5.74, 6) is 1.04. The zero-order chi connectivity index (χ0) is 21.6. The first-order valence-electron chi connectivity index (χ1n) is 9.30. The molecular formula is C21H28N2O5S. The van der Waals surface area contributed by atoms with Gasteiger partial charge in [0.05, 0.1) is 25.1 Å². The summed E-state index contributed by atoms with van der Waals surface area (Å²) in [4.78, 5) is 12.6. The Morgan fingerprint density at radius 2 is 1.62 bits per heavy atom. The minimum Gasteiger partial charge on any atom is -0.497 e. The van der Waals surface area contributed by atoms with Crippen LogP contribution in [0.4, 0.5) is 5.69 Å². The first-order valence-corrected chi connectivity index (χ1v) is 11.2. The molecule has 0 radical (unpaired) electrons. The van der Waals surface area contributed by atoms with E-state index in [1.54, 1.807) is 31.4 Å². The molecule has 0 aliphatic heterocycles. The van der Waals surface area contributed by atoms with Gasteiger partial charge in [0.25, 0.3) is 5.91 Å². The number of nitrogens with zero attached hydrogens (tertiary/aromatic N) is 1. The molecule has 1 N–H and O–H groups in total. The van der Waals surface area contributed by atoms with E-state index in [0.717, 1.165) is 17.6 Å². The molecule has 0 bridgehead atoms. The molecule has 0 heterocycles. The predicted octanol–water partition coefficient (Wildman–Crippen LogP) is 3.13. The van der Waals surface area contributed by atoms with Crippen LogP contribution in [0.1, 0.15) is 31.9 Å². The van der Waals surface area contributed by atoms with Crippen molar-refractivity contribution in [2.45, 2.75) is 32.4 Å². The van der Waals surface area contributed by atoms with Gasteiger partial charge in [-0.2, -0.15) is 0 Å². The number of hydrogen-bond acceptors (Lipinski definition) is 5. The van der Waals surface area contributed by atoms with E-state index in [1.165, 1.54) is 11.4 Å². The Balaban J connectivity index is 2.02. The number of carbonyl (C=O) groups excluding carboxylic acids is 1. The lowest BCUT2D eigenvalue weighted by Crippen LogP contribution is -2.39. The van der Waals surface area contributed by atoms with E-state index in [-0.39, 0.29) is 11.9 Å². The summed E-state index contributed by atoms with van der Waals surface area (Å²) in [5.41, 5.74) is 1.48. The molecule has 8 heteroatoms. The smallest absolute Gasteiger partial charge is 0.261 e. The lowest BCUT2D eigenvalue weighted by Gasteiger charge is -2.21. The standard InChI is InChI=1S/C21H28N2O5S/c1-6-20(21(24)22-15(2)16-7-11-18(27-4)12-8-16)28-19-13-9-17(10-14-19)23(3)29(5,25)26/h7-15,20H,6H2,1-5H3,(H,22,24)/t15-,20-/m0/s1. The van der Waals surface area contributed by atoms with E-state index in [1.807, 2.05) is 38.1 Å². The third kappa shape index (κ3) is 6.12. The number of benzene rings is 2. The van der Waals surface area contributed by atoms with Crippen LogP contribution in [0.5, 0.6) is 11.5 Å². The van der Waals surface area contributed by atoms with Crippen molar-refractivity contribution in [2.75, 3.05) is 24.7 Å². The van der Waals surface area contributed by atoms with Gasteiger partial charge in [-0.05, 0) is 55.3 Å². The maximum atomic E-state index is 12.6. The second-order valence-electron chi connectivity index (χ2n) is 6.74. The van der Waals surface area contributed by atoms with Gasteiger partial charge >= 0.3 is 0 Å². The number of ether oxygens (including phenoxy) is 2. The van der Waals surface area contributed by atoms with Crippen molar-refractivity contribution < 1.29 is 22.7 Å². The van der Waals surface area contributed by atoms with E-state index < -0.39 is 16.1 Å². The number of amides is 1. The highest BCUT2D eigenvalue weighted by atomic mass is 32.2. The van der Waals surface area contributed by atoms with Crippen LogP contribution in [0.25, 0.3) is 0 Å². The molecule has 0 aliphatic carbocycles. The van der Waals surface area contributed by atoms with Crippen LogP contribution in [0, 0.1) is 0 Å². The average molecular weight is 421 g/mol. The number of nitrogens with one attached hydrogen (secondary N) is 1. The maximum absolute atomic E-state index is 12.6. The summed E-state index contributed by atoms with van der Waals surface area (Å²) in [5, 5.41) is 2.96. The van der Waals surface area contributed by atoms with Crippen LogP contribution in [-0.2, 0) is 14.8 Å². The van der Waals surface area contributed by atoms with Crippen molar-refractivity contribution in [3.05, 3.63) is 54.1 Å². The Hall–Kier alpha value is -2.74. The van der Waals surface area contributed by atoms with Crippen LogP contribution in [-0.4, -0.2) is 40.8 Å². The molecule has 2 aromatic rings. The molecule has 158 valence electrons. The number of hydrogen-bond donors (Lipinski definition) is 1. The molecule has 0 aromatic heterocycles. The van der Waals surface area contributed by atoms with Crippen LogP contribution in [0.3, 0.4) is 0 Å². The fraction of sp³-hybridized carbons (Fsp3) is 0.381. The maximum Gasteiger partial charge on any atom is 0.261 e. The monoisotopic (exact) mass is 420 g/mol. The fourth-order valence-corrected chi connectivity index (χ4v) is 3.20. The zero-order valence-corrected chi connectivity index (χ0v) is 18.2. The molecule has 29 heavy (non-hydrogen) atoms. The molecule has 0 aliphatic rings. The molecule has 2 aromatic carbocycles. The fourth-order valence-electron chi connectivity index (χ4n) is 2.69. The number of methoxy groups -OCH3 is 1. The summed E-state index contributed by atoms with van der Waals surface area (Å²) in [7, 11) is -0.247. The number of anilines is 1. The van der Waals surface area contributed by atoms with Crippen LogP contribution in [0.2, 0.25) is 0 Å². The minimum absolute atomic E-state index is 0.183. The van der Waals surface area contributed by atoms with Gasteiger partial charge in [-0.15, -0.1) is 0 Å². The van der Waals surface area contributed by atoms with E-state index in [0.29, 0.717) is 17.9 Å². The Kier molecular flexibility index (Phi) is 7.50. The normalized spacial score (nSPS) is 13.3. The number of rotatable bonds is 9. The highest BCUT2D eigenvalue weighted by Gasteiger charge is 2.21. The van der Waals surface area contributed by atoms with Crippen LogP contribution < -0.4 is 19.1 Å². The lowest BCUT2D eigenvalue weighted by molar-refractivity contribution is -0.128. The second-order valence-corrected chi connectivity index (χ2v) is 8.76.